The Morgan fingerprint density at radius 2 is 1.73 bits per heavy atom. The van der Waals surface area contributed by atoms with E-state index in [2.05, 4.69) is 0 Å². The molecule has 4 nitrogen and oxygen atoms in total. The second-order valence-corrected chi connectivity index (χ2v) is 7.31. The number of fused-ring (bicyclic) bond motifs is 5. The normalized spacial score (nSPS) is 14.6. The maximum atomic E-state index is 13.0. The van der Waals surface area contributed by atoms with Gasteiger partial charge in [-0.2, -0.15) is 13.2 Å². The Morgan fingerprint density at radius 3 is 2.53 bits per heavy atom. The standard InChI is InChI=1S/C23H16F3NO3/c24-23(25,26)15-5-3-4-14(10-15)11-27-12-19-20(29-13-27)9-8-17-16-6-1-2-7-18(16)22(28)30-21(17)19/h1-10H,11-13H2. The highest BCUT2D eigenvalue weighted by Gasteiger charge is 2.30. The Bertz CT molecular complexity index is 1330. The fourth-order valence-corrected chi connectivity index (χ4v) is 3.90. The van der Waals surface area contributed by atoms with Crippen LogP contribution in [0.1, 0.15) is 16.7 Å². The average molecular weight is 411 g/mol. The Kier molecular flexibility index (Phi) is 4.29. The predicted molar refractivity (Wildman–Crippen MR) is 106 cm³/mol. The lowest BCUT2D eigenvalue weighted by atomic mass is 10.0. The van der Waals surface area contributed by atoms with E-state index in [9.17, 15) is 18.0 Å². The number of hydrogen-bond acceptors (Lipinski definition) is 4. The number of nitrogens with zero attached hydrogens (tertiary/aromatic N) is 1. The summed E-state index contributed by atoms with van der Waals surface area (Å²) in [7, 11) is 0. The zero-order valence-electron chi connectivity index (χ0n) is 15.7. The van der Waals surface area contributed by atoms with Crippen LogP contribution in [0.4, 0.5) is 13.2 Å². The molecule has 0 atom stereocenters. The van der Waals surface area contributed by atoms with Crippen molar-refractivity contribution in [3.8, 4) is 5.75 Å². The number of alkyl halides is 3. The number of halogens is 3. The van der Waals surface area contributed by atoms with Gasteiger partial charge in [0.15, 0.2) is 0 Å². The topological polar surface area (TPSA) is 42.7 Å². The summed E-state index contributed by atoms with van der Waals surface area (Å²) in [6.45, 7) is 0.897. The molecule has 0 radical (unpaired) electrons. The van der Waals surface area contributed by atoms with Crippen LogP contribution in [0.3, 0.4) is 0 Å². The highest BCUT2D eigenvalue weighted by molar-refractivity contribution is 6.05. The van der Waals surface area contributed by atoms with E-state index in [-0.39, 0.29) is 13.3 Å². The third kappa shape index (κ3) is 3.21. The van der Waals surface area contributed by atoms with E-state index < -0.39 is 17.4 Å². The molecule has 0 spiro atoms. The molecular weight excluding hydrogens is 395 g/mol. The molecule has 5 rings (SSSR count). The summed E-state index contributed by atoms with van der Waals surface area (Å²) in [6, 6.07) is 16.2. The largest absolute Gasteiger partial charge is 0.478 e. The summed E-state index contributed by atoms with van der Waals surface area (Å²) in [5.74, 6) is 0.612. The van der Waals surface area contributed by atoms with Crippen molar-refractivity contribution >= 4 is 21.7 Å². The molecule has 2 heterocycles. The molecule has 7 heteroatoms. The van der Waals surface area contributed by atoms with Gasteiger partial charge in [0.1, 0.15) is 18.1 Å². The van der Waals surface area contributed by atoms with Gasteiger partial charge in [-0.1, -0.05) is 36.4 Å². The average Bonchev–Trinajstić information content (AvgIpc) is 2.73. The van der Waals surface area contributed by atoms with E-state index in [1.54, 1.807) is 18.2 Å². The predicted octanol–water partition coefficient (Wildman–Crippen LogP) is 5.32. The van der Waals surface area contributed by atoms with Crippen LogP contribution in [-0.2, 0) is 19.3 Å². The van der Waals surface area contributed by atoms with Gasteiger partial charge in [-0.15, -0.1) is 0 Å². The molecule has 0 fully saturated rings. The van der Waals surface area contributed by atoms with Crippen molar-refractivity contribution < 1.29 is 22.3 Å². The van der Waals surface area contributed by atoms with Crippen LogP contribution < -0.4 is 10.4 Å². The summed E-state index contributed by atoms with van der Waals surface area (Å²) in [5, 5.41) is 2.09. The fourth-order valence-electron chi connectivity index (χ4n) is 3.90. The number of benzene rings is 3. The lowest BCUT2D eigenvalue weighted by molar-refractivity contribution is -0.137. The van der Waals surface area contributed by atoms with Gasteiger partial charge in [-0.3, -0.25) is 4.90 Å². The van der Waals surface area contributed by atoms with Gasteiger partial charge in [0, 0.05) is 18.5 Å². The molecule has 1 aliphatic rings. The van der Waals surface area contributed by atoms with Crippen LogP contribution in [0.25, 0.3) is 21.7 Å². The summed E-state index contributed by atoms with van der Waals surface area (Å²) in [4.78, 5) is 14.3. The summed E-state index contributed by atoms with van der Waals surface area (Å²) < 4.78 is 50.4. The molecule has 0 amide bonds. The van der Waals surface area contributed by atoms with Crippen LogP contribution in [0.5, 0.6) is 5.75 Å². The Labute approximate surface area is 169 Å². The minimum atomic E-state index is -4.39. The van der Waals surface area contributed by atoms with Crippen LogP contribution in [0.2, 0.25) is 0 Å². The molecular formula is C23H16F3NO3. The van der Waals surface area contributed by atoms with Crippen LogP contribution in [-0.4, -0.2) is 11.6 Å². The molecule has 0 saturated carbocycles. The molecule has 1 aromatic heterocycles. The fraction of sp³-hybridized carbons (Fsp3) is 0.174. The Hall–Kier alpha value is -3.32. The van der Waals surface area contributed by atoms with E-state index in [0.29, 0.717) is 34.4 Å². The minimum absolute atomic E-state index is 0.229. The van der Waals surface area contributed by atoms with Crippen molar-refractivity contribution in [1.29, 1.82) is 0 Å². The van der Waals surface area contributed by atoms with E-state index in [1.807, 2.05) is 29.2 Å². The highest BCUT2D eigenvalue weighted by atomic mass is 19.4. The van der Waals surface area contributed by atoms with E-state index in [4.69, 9.17) is 9.15 Å². The molecule has 3 aromatic carbocycles. The molecule has 1 aliphatic heterocycles. The summed E-state index contributed by atoms with van der Waals surface area (Å²) in [6.07, 6.45) is -4.39. The van der Waals surface area contributed by atoms with Crippen molar-refractivity contribution in [1.82, 2.24) is 4.90 Å². The minimum Gasteiger partial charge on any atom is -0.478 e. The number of rotatable bonds is 2. The highest BCUT2D eigenvalue weighted by Crippen LogP contribution is 2.35. The van der Waals surface area contributed by atoms with Gasteiger partial charge in [0.25, 0.3) is 0 Å². The number of hydrogen-bond donors (Lipinski definition) is 0. The molecule has 152 valence electrons. The van der Waals surface area contributed by atoms with Gasteiger partial charge in [-0.05, 0) is 35.2 Å². The van der Waals surface area contributed by atoms with E-state index in [0.717, 1.165) is 22.9 Å². The third-order valence-corrected chi connectivity index (χ3v) is 5.29. The van der Waals surface area contributed by atoms with Crippen LogP contribution >= 0.6 is 0 Å². The molecule has 0 bridgehead atoms. The SMILES string of the molecule is O=c1oc2c3c(ccc2c2ccccc12)OCN(Cc1cccc(C(F)(F)F)c1)C3. The van der Waals surface area contributed by atoms with Gasteiger partial charge < -0.3 is 9.15 Å². The lowest BCUT2D eigenvalue weighted by Gasteiger charge is -2.29. The second-order valence-electron chi connectivity index (χ2n) is 7.31. The zero-order chi connectivity index (χ0) is 20.9. The molecule has 0 aliphatic carbocycles. The first-order valence-electron chi connectivity index (χ1n) is 9.39. The first-order chi connectivity index (χ1) is 14.4. The molecule has 0 unspecified atom stereocenters. The zero-order valence-corrected chi connectivity index (χ0v) is 15.7. The van der Waals surface area contributed by atoms with E-state index >= 15 is 0 Å². The molecule has 4 aromatic rings. The van der Waals surface area contributed by atoms with Crippen LogP contribution in [0, 0.1) is 0 Å². The summed E-state index contributed by atoms with van der Waals surface area (Å²) >= 11 is 0. The first-order valence-corrected chi connectivity index (χ1v) is 9.39. The molecule has 30 heavy (non-hydrogen) atoms. The Balaban J connectivity index is 1.53. The Morgan fingerprint density at radius 1 is 0.933 bits per heavy atom. The molecule has 0 saturated heterocycles. The van der Waals surface area contributed by atoms with Crippen molar-refractivity contribution in [3.63, 3.8) is 0 Å². The number of ether oxygens (including phenoxy) is 1. The monoisotopic (exact) mass is 411 g/mol. The molecule has 0 N–H and O–H groups in total. The van der Waals surface area contributed by atoms with Crippen molar-refractivity contribution in [2.75, 3.05) is 6.73 Å². The van der Waals surface area contributed by atoms with Crippen molar-refractivity contribution in [2.24, 2.45) is 0 Å². The first kappa shape index (κ1) is 18.7. The maximum Gasteiger partial charge on any atom is 0.416 e. The van der Waals surface area contributed by atoms with Gasteiger partial charge >= 0.3 is 11.8 Å². The van der Waals surface area contributed by atoms with Crippen molar-refractivity contribution in [3.05, 3.63) is 87.8 Å². The quantitative estimate of drug-likeness (QED) is 0.331. The summed E-state index contributed by atoms with van der Waals surface area (Å²) in [5.41, 5.74) is 0.588. The second kappa shape index (κ2) is 6.88. The van der Waals surface area contributed by atoms with Crippen molar-refractivity contribution in [2.45, 2.75) is 19.3 Å². The third-order valence-electron chi connectivity index (χ3n) is 5.29. The smallest absolute Gasteiger partial charge is 0.416 e. The van der Waals surface area contributed by atoms with E-state index in [1.165, 1.54) is 6.07 Å². The van der Waals surface area contributed by atoms with Gasteiger partial charge in [-0.25, -0.2) is 4.79 Å². The lowest BCUT2D eigenvalue weighted by Crippen LogP contribution is -2.31. The van der Waals surface area contributed by atoms with Gasteiger partial charge in [0.2, 0.25) is 0 Å². The van der Waals surface area contributed by atoms with Gasteiger partial charge in [0.05, 0.1) is 16.5 Å². The maximum absolute atomic E-state index is 13.0. The van der Waals surface area contributed by atoms with Crippen LogP contribution in [0.15, 0.2) is 69.9 Å².